The Hall–Kier alpha value is -2.15. The number of nitro groups is 1. The van der Waals surface area contributed by atoms with Crippen LogP contribution in [0.25, 0.3) is 0 Å². The molecule has 0 aliphatic heterocycles. The lowest BCUT2D eigenvalue weighted by Crippen LogP contribution is -2.86. The van der Waals surface area contributed by atoms with Crippen LogP contribution in [-0.2, 0) is 4.79 Å². The van der Waals surface area contributed by atoms with Gasteiger partial charge in [-0.25, -0.2) is 0 Å². The molecular weight excluding hydrogens is 353 g/mol. The number of nitrogens with two attached hydrogens (primary N) is 1. The summed E-state index contributed by atoms with van der Waals surface area (Å²) in [6.07, 6.45) is 0. The fourth-order valence-electron chi connectivity index (χ4n) is 2.18. The first-order valence-electron chi connectivity index (χ1n) is 7.19. The molecule has 8 heteroatoms. The topological polar surface area (TPSA) is 88.8 Å². The Labute approximate surface area is 148 Å². The number of anilines is 1. The fraction of sp³-hybridized carbons (Fsp3) is 0.188. The first-order chi connectivity index (χ1) is 11.4. The van der Waals surface area contributed by atoms with Crippen molar-refractivity contribution in [2.24, 2.45) is 0 Å². The van der Waals surface area contributed by atoms with Gasteiger partial charge in [-0.15, -0.1) is 0 Å². The number of hydrogen-bond acceptors (Lipinski definition) is 3. The molecule has 0 heterocycles. The Kier molecular flexibility index (Phi) is 6.14. The van der Waals surface area contributed by atoms with E-state index in [1.54, 1.807) is 6.07 Å². The average molecular weight is 369 g/mol. The van der Waals surface area contributed by atoms with Crippen molar-refractivity contribution in [1.29, 1.82) is 0 Å². The fourth-order valence-corrected chi connectivity index (χ4v) is 2.55. The monoisotopic (exact) mass is 368 g/mol. The summed E-state index contributed by atoms with van der Waals surface area (Å²) >= 11 is 11.8. The van der Waals surface area contributed by atoms with E-state index in [1.165, 1.54) is 18.2 Å². The Bertz CT molecular complexity index is 768. The van der Waals surface area contributed by atoms with Crippen molar-refractivity contribution in [3.63, 3.8) is 0 Å². The number of quaternary nitrogens is 1. The van der Waals surface area contributed by atoms with Crippen molar-refractivity contribution in [2.75, 3.05) is 11.9 Å². The van der Waals surface area contributed by atoms with E-state index in [0.29, 0.717) is 10.0 Å². The number of hydrogen-bond donors (Lipinski definition) is 2. The quantitative estimate of drug-likeness (QED) is 0.606. The van der Waals surface area contributed by atoms with Gasteiger partial charge < -0.3 is 10.6 Å². The first kappa shape index (κ1) is 18.2. The van der Waals surface area contributed by atoms with Gasteiger partial charge in [0.2, 0.25) is 0 Å². The third-order valence-corrected chi connectivity index (χ3v) is 3.93. The number of rotatable bonds is 6. The van der Waals surface area contributed by atoms with Gasteiger partial charge in [-0.1, -0.05) is 35.3 Å². The van der Waals surface area contributed by atoms with E-state index in [0.717, 1.165) is 5.56 Å². The van der Waals surface area contributed by atoms with Gasteiger partial charge in [-0.2, -0.15) is 0 Å². The lowest BCUT2D eigenvalue weighted by molar-refractivity contribution is -0.682. The van der Waals surface area contributed by atoms with Crippen LogP contribution in [0.5, 0.6) is 0 Å². The van der Waals surface area contributed by atoms with Crippen molar-refractivity contribution in [3.05, 3.63) is 68.2 Å². The molecule has 1 amide bonds. The van der Waals surface area contributed by atoms with Crippen molar-refractivity contribution in [1.82, 2.24) is 0 Å². The summed E-state index contributed by atoms with van der Waals surface area (Å²) in [4.78, 5) is 22.5. The predicted molar refractivity (Wildman–Crippen MR) is 93.4 cm³/mol. The number of halogens is 2. The van der Waals surface area contributed by atoms with E-state index < -0.39 is 4.92 Å². The van der Waals surface area contributed by atoms with Crippen LogP contribution in [0, 0.1) is 10.1 Å². The lowest BCUT2D eigenvalue weighted by atomic mass is 10.1. The van der Waals surface area contributed by atoms with Crippen molar-refractivity contribution >= 4 is 40.5 Å². The minimum absolute atomic E-state index is 0.0174. The SMILES string of the molecule is C[C@H]([NH2+]CC(=O)Nc1cc(Cl)ccc1[N+](=O)[O-])c1cccc(Cl)c1. The van der Waals surface area contributed by atoms with Crippen LogP contribution in [-0.4, -0.2) is 17.4 Å². The summed E-state index contributed by atoms with van der Waals surface area (Å²) in [5.74, 6) is -0.353. The molecule has 0 bridgehead atoms. The third-order valence-electron chi connectivity index (χ3n) is 3.46. The molecule has 3 N–H and O–H groups in total. The van der Waals surface area contributed by atoms with E-state index in [1.807, 2.05) is 30.4 Å². The second-order valence-electron chi connectivity index (χ2n) is 5.25. The van der Waals surface area contributed by atoms with Crippen LogP contribution in [0.4, 0.5) is 11.4 Å². The third kappa shape index (κ3) is 4.92. The van der Waals surface area contributed by atoms with Gasteiger partial charge in [0.05, 0.1) is 4.92 Å². The standard InChI is InChI=1S/C16H15Cl2N3O3/c1-10(11-3-2-4-12(17)7-11)19-9-16(22)20-14-8-13(18)5-6-15(14)21(23)24/h2-8,10,19H,9H2,1H3,(H,20,22)/p+1/t10-/m0/s1. The molecule has 0 saturated heterocycles. The number of carbonyl (C=O) groups excluding carboxylic acids is 1. The van der Waals surface area contributed by atoms with E-state index in [9.17, 15) is 14.9 Å². The van der Waals surface area contributed by atoms with Gasteiger partial charge in [0.15, 0.2) is 6.54 Å². The summed E-state index contributed by atoms with van der Waals surface area (Å²) in [5, 5.41) is 16.3. The van der Waals surface area contributed by atoms with Crippen molar-refractivity contribution < 1.29 is 15.0 Å². The first-order valence-corrected chi connectivity index (χ1v) is 7.95. The van der Waals surface area contributed by atoms with Crippen LogP contribution in [0.2, 0.25) is 10.0 Å². The molecule has 0 aromatic heterocycles. The Morgan fingerprint density at radius 3 is 2.62 bits per heavy atom. The Morgan fingerprint density at radius 1 is 1.25 bits per heavy atom. The largest absolute Gasteiger partial charge is 0.333 e. The maximum absolute atomic E-state index is 12.1. The Balaban J connectivity index is 1.99. The van der Waals surface area contributed by atoms with Gasteiger partial charge in [0.25, 0.3) is 11.6 Å². The number of carbonyl (C=O) groups is 1. The van der Waals surface area contributed by atoms with Crippen LogP contribution >= 0.6 is 23.2 Å². The zero-order valence-electron chi connectivity index (χ0n) is 12.8. The normalized spacial score (nSPS) is 11.8. The molecule has 0 fully saturated rings. The molecule has 6 nitrogen and oxygen atoms in total. The van der Waals surface area contributed by atoms with Crippen molar-refractivity contribution in [2.45, 2.75) is 13.0 Å². The molecule has 2 rings (SSSR count). The zero-order valence-corrected chi connectivity index (χ0v) is 14.3. The number of nitro benzene ring substituents is 1. The molecule has 1 atom stereocenters. The molecule has 2 aromatic rings. The molecule has 126 valence electrons. The average Bonchev–Trinajstić information content (AvgIpc) is 2.52. The number of benzene rings is 2. The zero-order chi connectivity index (χ0) is 17.7. The highest BCUT2D eigenvalue weighted by Gasteiger charge is 2.18. The van der Waals surface area contributed by atoms with Gasteiger partial charge in [0.1, 0.15) is 11.7 Å². The minimum atomic E-state index is -0.565. The van der Waals surface area contributed by atoms with E-state index in [2.05, 4.69) is 5.32 Å². The molecule has 0 radical (unpaired) electrons. The number of amides is 1. The summed E-state index contributed by atoms with van der Waals surface area (Å²) in [5.41, 5.74) is 0.876. The molecule has 0 spiro atoms. The molecule has 2 aromatic carbocycles. The second kappa shape index (κ2) is 8.10. The molecule has 0 saturated carbocycles. The van der Waals surface area contributed by atoms with Gasteiger partial charge in [0, 0.05) is 21.7 Å². The number of nitrogens with zero attached hydrogens (tertiary/aromatic N) is 1. The van der Waals surface area contributed by atoms with Gasteiger partial charge in [-0.05, 0) is 31.2 Å². The molecule has 24 heavy (non-hydrogen) atoms. The summed E-state index contributed by atoms with van der Waals surface area (Å²) in [7, 11) is 0. The molecular formula is C16H16Cl2N3O3+. The molecule has 0 aliphatic rings. The lowest BCUT2D eigenvalue weighted by Gasteiger charge is -2.11. The maximum atomic E-state index is 12.1. The van der Waals surface area contributed by atoms with Crippen LogP contribution in [0.15, 0.2) is 42.5 Å². The Morgan fingerprint density at radius 2 is 1.96 bits per heavy atom. The van der Waals surface area contributed by atoms with Crippen molar-refractivity contribution in [3.8, 4) is 0 Å². The predicted octanol–water partition coefficient (Wildman–Crippen LogP) is 3.16. The smallest absolute Gasteiger partial charge is 0.292 e. The summed E-state index contributed by atoms with van der Waals surface area (Å²) in [6.45, 7) is 2.05. The van der Waals surface area contributed by atoms with Gasteiger partial charge in [-0.3, -0.25) is 14.9 Å². The van der Waals surface area contributed by atoms with E-state index in [4.69, 9.17) is 23.2 Å². The number of nitrogens with one attached hydrogen (secondary N) is 1. The van der Waals surface area contributed by atoms with Crippen LogP contribution in [0.3, 0.4) is 0 Å². The van der Waals surface area contributed by atoms with Crippen LogP contribution < -0.4 is 10.6 Å². The maximum Gasteiger partial charge on any atom is 0.292 e. The second-order valence-corrected chi connectivity index (χ2v) is 6.12. The highest BCUT2D eigenvalue weighted by Crippen LogP contribution is 2.27. The highest BCUT2D eigenvalue weighted by molar-refractivity contribution is 6.31. The molecule has 0 aliphatic carbocycles. The summed E-state index contributed by atoms with van der Waals surface area (Å²) in [6, 6.07) is 11.4. The summed E-state index contributed by atoms with van der Waals surface area (Å²) < 4.78 is 0. The van der Waals surface area contributed by atoms with Gasteiger partial charge >= 0.3 is 0 Å². The van der Waals surface area contributed by atoms with E-state index >= 15 is 0 Å². The van der Waals surface area contributed by atoms with E-state index in [-0.39, 0.29) is 29.9 Å². The minimum Gasteiger partial charge on any atom is -0.333 e. The van der Waals surface area contributed by atoms with Crippen LogP contribution in [0.1, 0.15) is 18.5 Å². The molecule has 0 unspecified atom stereocenters. The highest BCUT2D eigenvalue weighted by atomic mass is 35.5.